The molecule has 1 N–H and O–H groups in total. The van der Waals surface area contributed by atoms with Crippen molar-refractivity contribution in [3.05, 3.63) is 54.6 Å². The van der Waals surface area contributed by atoms with Crippen molar-refractivity contribution in [2.45, 2.75) is 6.42 Å². The molecule has 0 radical (unpaired) electrons. The van der Waals surface area contributed by atoms with E-state index in [-0.39, 0.29) is 5.97 Å². The number of esters is 1. The SMILES string of the molecule is COC(=O)CCNc1cccc(Oc2ccccc2)c1. The highest BCUT2D eigenvalue weighted by Gasteiger charge is 2.01. The number of hydrogen-bond donors (Lipinski definition) is 1. The Morgan fingerprint density at radius 3 is 2.55 bits per heavy atom. The minimum Gasteiger partial charge on any atom is -0.469 e. The molecule has 0 spiro atoms. The van der Waals surface area contributed by atoms with Gasteiger partial charge in [-0.1, -0.05) is 24.3 Å². The zero-order valence-corrected chi connectivity index (χ0v) is 11.3. The molecule has 0 fully saturated rings. The van der Waals surface area contributed by atoms with E-state index in [1.165, 1.54) is 7.11 Å². The maximum absolute atomic E-state index is 11.0. The van der Waals surface area contributed by atoms with E-state index in [9.17, 15) is 4.79 Å². The van der Waals surface area contributed by atoms with Crippen molar-refractivity contribution >= 4 is 11.7 Å². The molecule has 0 aliphatic heterocycles. The van der Waals surface area contributed by atoms with Gasteiger partial charge in [0.1, 0.15) is 11.5 Å². The van der Waals surface area contributed by atoms with E-state index in [2.05, 4.69) is 10.1 Å². The Kier molecular flexibility index (Phi) is 5.00. The fourth-order valence-corrected chi connectivity index (χ4v) is 1.71. The van der Waals surface area contributed by atoms with Crippen LogP contribution >= 0.6 is 0 Å². The molecule has 0 heterocycles. The lowest BCUT2D eigenvalue weighted by atomic mass is 10.3. The Labute approximate surface area is 118 Å². The standard InChI is InChI=1S/C16H17NO3/c1-19-16(18)10-11-17-13-6-5-9-15(12-13)20-14-7-3-2-4-8-14/h2-9,12,17H,10-11H2,1H3. The molecule has 0 saturated heterocycles. The molecule has 0 aromatic heterocycles. The normalized spacial score (nSPS) is 9.85. The van der Waals surface area contributed by atoms with Crippen molar-refractivity contribution in [2.75, 3.05) is 19.0 Å². The number of para-hydroxylation sites is 1. The minimum absolute atomic E-state index is 0.228. The largest absolute Gasteiger partial charge is 0.469 e. The third kappa shape index (κ3) is 4.31. The van der Waals surface area contributed by atoms with Crippen LogP contribution in [0.25, 0.3) is 0 Å². The molecular weight excluding hydrogens is 254 g/mol. The Hall–Kier alpha value is -2.49. The molecule has 2 aromatic carbocycles. The van der Waals surface area contributed by atoms with Crippen molar-refractivity contribution in [2.24, 2.45) is 0 Å². The van der Waals surface area contributed by atoms with Gasteiger partial charge in [-0.3, -0.25) is 4.79 Å². The van der Waals surface area contributed by atoms with Gasteiger partial charge in [-0.2, -0.15) is 0 Å². The molecule has 0 amide bonds. The Balaban J connectivity index is 1.92. The van der Waals surface area contributed by atoms with Crippen LogP contribution in [0.3, 0.4) is 0 Å². The highest BCUT2D eigenvalue weighted by atomic mass is 16.5. The van der Waals surface area contributed by atoms with Crippen molar-refractivity contribution < 1.29 is 14.3 Å². The van der Waals surface area contributed by atoms with E-state index < -0.39 is 0 Å². The fraction of sp³-hybridized carbons (Fsp3) is 0.188. The molecule has 0 saturated carbocycles. The summed E-state index contributed by atoms with van der Waals surface area (Å²) in [4.78, 5) is 11.0. The first-order valence-corrected chi connectivity index (χ1v) is 6.41. The van der Waals surface area contributed by atoms with Crippen LogP contribution in [0, 0.1) is 0 Å². The molecule has 104 valence electrons. The van der Waals surface area contributed by atoms with Gasteiger partial charge in [-0.05, 0) is 24.3 Å². The molecular formula is C16H17NO3. The van der Waals surface area contributed by atoms with Gasteiger partial charge in [0.05, 0.1) is 13.5 Å². The number of carbonyl (C=O) groups is 1. The molecule has 0 bridgehead atoms. The van der Waals surface area contributed by atoms with Gasteiger partial charge < -0.3 is 14.8 Å². The minimum atomic E-state index is -0.228. The summed E-state index contributed by atoms with van der Waals surface area (Å²) in [5, 5.41) is 3.16. The average molecular weight is 271 g/mol. The van der Waals surface area contributed by atoms with E-state index in [1.54, 1.807) is 0 Å². The number of nitrogens with one attached hydrogen (secondary N) is 1. The Morgan fingerprint density at radius 1 is 1.05 bits per heavy atom. The highest BCUT2D eigenvalue weighted by Crippen LogP contribution is 2.23. The van der Waals surface area contributed by atoms with Crippen molar-refractivity contribution in [3.8, 4) is 11.5 Å². The van der Waals surface area contributed by atoms with Crippen LogP contribution in [0.15, 0.2) is 54.6 Å². The van der Waals surface area contributed by atoms with Crippen LogP contribution in [-0.2, 0) is 9.53 Å². The van der Waals surface area contributed by atoms with E-state index in [1.807, 2.05) is 54.6 Å². The highest BCUT2D eigenvalue weighted by molar-refractivity contribution is 5.69. The van der Waals surface area contributed by atoms with E-state index in [4.69, 9.17) is 4.74 Å². The number of rotatable bonds is 6. The van der Waals surface area contributed by atoms with Crippen LogP contribution in [0.1, 0.15) is 6.42 Å². The zero-order valence-electron chi connectivity index (χ0n) is 11.3. The molecule has 2 rings (SSSR count). The van der Waals surface area contributed by atoms with Gasteiger partial charge in [0, 0.05) is 18.3 Å². The van der Waals surface area contributed by atoms with Crippen LogP contribution in [-0.4, -0.2) is 19.6 Å². The zero-order chi connectivity index (χ0) is 14.2. The Bertz CT molecular complexity index is 555. The summed E-state index contributed by atoms with van der Waals surface area (Å²) in [6.45, 7) is 0.529. The summed E-state index contributed by atoms with van der Waals surface area (Å²) in [7, 11) is 1.39. The number of ether oxygens (including phenoxy) is 2. The summed E-state index contributed by atoms with van der Waals surface area (Å²) in [5.41, 5.74) is 0.905. The molecule has 0 aliphatic rings. The predicted octanol–water partition coefficient (Wildman–Crippen LogP) is 3.45. The summed E-state index contributed by atoms with van der Waals surface area (Å²) in [6, 6.07) is 17.2. The maximum Gasteiger partial charge on any atom is 0.307 e. The van der Waals surface area contributed by atoms with E-state index in [0.717, 1.165) is 17.2 Å². The third-order valence-electron chi connectivity index (χ3n) is 2.70. The third-order valence-corrected chi connectivity index (χ3v) is 2.70. The number of benzene rings is 2. The predicted molar refractivity (Wildman–Crippen MR) is 78.1 cm³/mol. The van der Waals surface area contributed by atoms with Gasteiger partial charge in [-0.15, -0.1) is 0 Å². The summed E-state index contributed by atoms with van der Waals surface area (Å²) in [5.74, 6) is 1.31. The fourth-order valence-electron chi connectivity index (χ4n) is 1.71. The van der Waals surface area contributed by atoms with E-state index >= 15 is 0 Å². The van der Waals surface area contributed by atoms with Crippen molar-refractivity contribution in [3.63, 3.8) is 0 Å². The molecule has 0 unspecified atom stereocenters. The lowest BCUT2D eigenvalue weighted by Gasteiger charge is -2.09. The second-order valence-electron chi connectivity index (χ2n) is 4.20. The monoisotopic (exact) mass is 271 g/mol. The average Bonchev–Trinajstić information content (AvgIpc) is 2.48. The molecule has 0 atom stereocenters. The first kappa shape index (κ1) is 13.9. The van der Waals surface area contributed by atoms with Crippen molar-refractivity contribution in [1.82, 2.24) is 0 Å². The second kappa shape index (κ2) is 7.19. The topological polar surface area (TPSA) is 47.6 Å². The summed E-state index contributed by atoms with van der Waals surface area (Å²) >= 11 is 0. The van der Waals surface area contributed by atoms with Crippen molar-refractivity contribution in [1.29, 1.82) is 0 Å². The number of methoxy groups -OCH3 is 1. The lowest BCUT2D eigenvalue weighted by Crippen LogP contribution is -2.09. The van der Waals surface area contributed by atoms with Gasteiger partial charge in [0.2, 0.25) is 0 Å². The first-order chi connectivity index (χ1) is 9.78. The van der Waals surface area contributed by atoms with Gasteiger partial charge in [0.25, 0.3) is 0 Å². The number of carbonyl (C=O) groups excluding carboxylic acids is 1. The number of anilines is 1. The maximum atomic E-state index is 11.0. The molecule has 2 aromatic rings. The lowest BCUT2D eigenvalue weighted by molar-refractivity contribution is -0.140. The molecule has 4 nitrogen and oxygen atoms in total. The van der Waals surface area contributed by atoms with Gasteiger partial charge >= 0.3 is 5.97 Å². The number of hydrogen-bond acceptors (Lipinski definition) is 4. The smallest absolute Gasteiger partial charge is 0.307 e. The van der Waals surface area contributed by atoms with Crippen LogP contribution in [0.4, 0.5) is 5.69 Å². The first-order valence-electron chi connectivity index (χ1n) is 6.41. The Morgan fingerprint density at radius 2 is 1.80 bits per heavy atom. The quantitative estimate of drug-likeness (QED) is 0.817. The van der Waals surface area contributed by atoms with Crippen LogP contribution in [0.5, 0.6) is 11.5 Å². The van der Waals surface area contributed by atoms with Gasteiger partial charge in [-0.25, -0.2) is 0 Å². The van der Waals surface area contributed by atoms with Gasteiger partial charge in [0.15, 0.2) is 0 Å². The summed E-state index contributed by atoms with van der Waals surface area (Å²) in [6.07, 6.45) is 0.334. The van der Waals surface area contributed by atoms with E-state index in [0.29, 0.717) is 13.0 Å². The second-order valence-corrected chi connectivity index (χ2v) is 4.20. The molecule has 0 aliphatic carbocycles. The molecule has 20 heavy (non-hydrogen) atoms. The molecule has 4 heteroatoms. The van der Waals surface area contributed by atoms with Crippen LogP contribution in [0.2, 0.25) is 0 Å². The summed E-state index contributed by atoms with van der Waals surface area (Å²) < 4.78 is 10.3. The van der Waals surface area contributed by atoms with Crippen LogP contribution < -0.4 is 10.1 Å².